The minimum absolute atomic E-state index is 0.637. The summed E-state index contributed by atoms with van der Waals surface area (Å²) in [6.45, 7) is 0. The SMILES string of the molecule is COc1ccsc1C(O)c1ccn(C)n1. The molecule has 2 aromatic rings. The van der Waals surface area contributed by atoms with Crippen molar-refractivity contribution in [1.29, 1.82) is 0 Å². The summed E-state index contributed by atoms with van der Waals surface area (Å²) in [5.41, 5.74) is 0.637. The monoisotopic (exact) mass is 224 g/mol. The molecule has 4 nitrogen and oxygen atoms in total. The maximum atomic E-state index is 10.1. The van der Waals surface area contributed by atoms with Gasteiger partial charge in [0.05, 0.1) is 17.7 Å². The van der Waals surface area contributed by atoms with Gasteiger partial charge in [0.25, 0.3) is 0 Å². The average molecular weight is 224 g/mol. The van der Waals surface area contributed by atoms with Crippen LogP contribution in [0.2, 0.25) is 0 Å². The molecule has 1 N–H and O–H groups in total. The van der Waals surface area contributed by atoms with Crippen molar-refractivity contribution in [3.8, 4) is 5.75 Å². The van der Waals surface area contributed by atoms with Crippen molar-refractivity contribution in [1.82, 2.24) is 9.78 Å². The normalized spacial score (nSPS) is 12.7. The molecule has 2 rings (SSSR count). The molecule has 0 fully saturated rings. The third-order valence-corrected chi connectivity index (χ3v) is 3.09. The van der Waals surface area contributed by atoms with E-state index in [1.807, 2.05) is 18.5 Å². The Kier molecular flexibility index (Phi) is 2.75. The van der Waals surface area contributed by atoms with Crippen LogP contribution in [-0.2, 0) is 7.05 Å². The largest absolute Gasteiger partial charge is 0.495 e. The molecular weight excluding hydrogens is 212 g/mol. The smallest absolute Gasteiger partial charge is 0.136 e. The number of aliphatic hydroxyl groups excluding tert-OH is 1. The second-order valence-electron chi connectivity index (χ2n) is 3.17. The second kappa shape index (κ2) is 4.04. The van der Waals surface area contributed by atoms with Crippen molar-refractivity contribution in [3.63, 3.8) is 0 Å². The van der Waals surface area contributed by atoms with Crippen molar-refractivity contribution < 1.29 is 9.84 Å². The van der Waals surface area contributed by atoms with Crippen LogP contribution in [0, 0.1) is 0 Å². The highest BCUT2D eigenvalue weighted by Gasteiger charge is 2.18. The summed E-state index contributed by atoms with van der Waals surface area (Å²) in [4.78, 5) is 0.788. The topological polar surface area (TPSA) is 47.3 Å². The molecule has 0 radical (unpaired) electrons. The number of ether oxygens (including phenoxy) is 1. The van der Waals surface area contributed by atoms with Gasteiger partial charge in [-0.3, -0.25) is 4.68 Å². The highest BCUT2D eigenvalue weighted by atomic mass is 32.1. The molecule has 0 saturated heterocycles. The summed E-state index contributed by atoms with van der Waals surface area (Å²) in [6, 6.07) is 3.63. The van der Waals surface area contributed by atoms with Gasteiger partial charge in [0.15, 0.2) is 0 Å². The molecule has 2 aromatic heterocycles. The zero-order chi connectivity index (χ0) is 10.8. The maximum absolute atomic E-state index is 10.1. The van der Waals surface area contributed by atoms with Crippen LogP contribution in [0.25, 0.3) is 0 Å². The minimum atomic E-state index is -0.707. The van der Waals surface area contributed by atoms with Gasteiger partial charge in [-0.05, 0) is 17.5 Å². The van der Waals surface area contributed by atoms with Gasteiger partial charge in [-0.1, -0.05) is 0 Å². The first-order valence-electron chi connectivity index (χ1n) is 4.51. The lowest BCUT2D eigenvalue weighted by Crippen LogP contribution is -2.01. The number of thiophene rings is 1. The summed E-state index contributed by atoms with van der Waals surface area (Å²) in [6.07, 6.45) is 1.10. The van der Waals surface area contributed by atoms with Gasteiger partial charge in [0.1, 0.15) is 11.9 Å². The van der Waals surface area contributed by atoms with E-state index < -0.39 is 6.10 Å². The fourth-order valence-corrected chi connectivity index (χ4v) is 2.25. The van der Waals surface area contributed by atoms with E-state index >= 15 is 0 Å². The number of nitrogens with zero attached hydrogens (tertiary/aromatic N) is 2. The van der Waals surface area contributed by atoms with E-state index in [9.17, 15) is 5.11 Å². The molecule has 0 saturated carbocycles. The van der Waals surface area contributed by atoms with E-state index in [1.165, 1.54) is 11.3 Å². The van der Waals surface area contributed by atoms with Crippen LogP contribution in [0.3, 0.4) is 0 Å². The van der Waals surface area contributed by atoms with Gasteiger partial charge >= 0.3 is 0 Å². The minimum Gasteiger partial charge on any atom is -0.495 e. The molecule has 0 bridgehead atoms. The van der Waals surface area contributed by atoms with Crippen molar-refractivity contribution in [3.05, 3.63) is 34.3 Å². The predicted molar refractivity (Wildman–Crippen MR) is 58.1 cm³/mol. The Morgan fingerprint density at radius 3 is 2.93 bits per heavy atom. The molecule has 0 aliphatic rings. The fraction of sp³-hybridized carbons (Fsp3) is 0.300. The van der Waals surface area contributed by atoms with E-state index in [4.69, 9.17) is 4.74 Å². The van der Waals surface area contributed by atoms with E-state index in [1.54, 1.807) is 24.1 Å². The third kappa shape index (κ3) is 1.88. The fourth-order valence-electron chi connectivity index (χ4n) is 1.39. The quantitative estimate of drug-likeness (QED) is 0.861. The Morgan fingerprint density at radius 1 is 1.53 bits per heavy atom. The van der Waals surface area contributed by atoms with Gasteiger partial charge in [-0.25, -0.2) is 0 Å². The zero-order valence-corrected chi connectivity index (χ0v) is 9.36. The lowest BCUT2D eigenvalue weighted by molar-refractivity contribution is 0.213. The van der Waals surface area contributed by atoms with Crippen LogP contribution < -0.4 is 4.74 Å². The summed E-state index contributed by atoms with van der Waals surface area (Å²) in [7, 11) is 3.42. The predicted octanol–water partition coefficient (Wildman–Crippen LogP) is 1.57. The van der Waals surface area contributed by atoms with E-state index in [2.05, 4.69) is 5.10 Å². The molecule has 0 aromatic carbocycles. The van der Waals surface area contributed by atoms with E-state index in [0.29, 0.717) is 11.4 Å². The highest BCUT2D eigenvalue weighted by Crippen LogP contribution is 2.33. The molecular formula is C10H12N2O2S. The molecule has 0 spiro atoms. The number of methoxy groups -OCH3 is 1. The molecule has 1 unspecified atom stereocenters. The summed E-state index contributed by atoms with van der Waals surface area (Å²) >= 11 is 1.46. The van der Waals surface area contributed by atoms with Crippen LogP contribution in [0.5, 0.6) is 5.75 Å². The molecule has 1 atom stereocenters. The van der Waals surface area contributed by atoms with Crippen LogP contribution >= 0.6 is 11.3 Å². The molecule has 0 aliphatic heterocycles. The maximum Gasteiger partial charge on any atom is 0.136 e. The lowest BCUT2D eigenvalue weighted by atomic mass is 10.2. The lowest BCUT2D eigenvalue weighted by Gasteiger charge is -2.07. The van der Waals surface area contributed by atoms with Crippen LogP contribution in [0.1, 0.15) is 16.7 Å². The number of rotatable bonds is 3. The summed E-state index contributed by atoms with van der Waals surface area (Å²) in [5.74, 6) is 0.707. The second-order valence-corrected chi connectivity index (χ2v) is 4.12. The Bertz CT molecular complexity index is 450. The molecule has 0 aliphatic carbocycles. The summed E-state index contributed by atoms with van der Waals surface area (Å²) in [5, 5.41) is 16.1. The Morgan fingerprint density at radius 2 is 2.33 bits per heavy atom. The first-order valence-corrected chi connectivity index (χ1v) is 5.39. The van der Waals surface area contributed by atoms with Crippen molar-refractivity contribution in [2.75, 3.05) is 7.11 Å². The first kappa shape index (κ1) is 10.2. The standard InChI is InChI=1S/C10H12N2O2S/c1-12-5-3-7(11-12)9(13)10-8(14-2)4-6-15-10/h3-6,9,13H,1-2H3. The van der Waals surface area contributed by atoms with Gasteiger partial charge in [0.2, 0.25) is 0 Å². The van der Waals surface area contributed by atoms with Crippen LogP contribution in [-0.4, -0.2) is 22.0 Å². The molecule has 0 amide bonds. The zero-order valence-electron chi connectivity index (χ0n) is 8.54. The van der Waals surface area contributed by atoms with E-state index in [-0.39, 0.29) is 0 Å². The Hall–Kier alpha value is -1.33. The van der Waals surface area contributed by atoms with E-state index in [0.717, 1.165) is 4.88 Å². The molecule has 80 valence electrons. The van der Waals surface area contributed by atoms with Crippen molar-refractivity contribution >= 4 is 11.3 Å². The van der Waals surface area contributed by atoms with Crippen molar-refractivity contribution in [2.45, 2.75) is 6.10 Å². The molecule has 2 heterocycles. The Balaban J connectivity index is 2.31. The van der Waals surface area contributed by atoms with Gasteiger partial charge in [-0.2, -0.15) is 5.10 Å². The van der Waals surface area contributed by atoms with Crippen molar-refractivity contribution in [2.24, 2.45) is 7.05 Å². The number of hydrogen-bond donors (Lipinski definition) is 1. The van der Waals surface area contributed by atoms with Gasteiger partial charge < -0.3 is 9.84 Å². The number of hydrogen-bond acceptors (Lipinski definition) is 4. The van der Waals surface area contributed by atoms with Crippen LogP contribution in [0.15, 0.2) is 23.7 Å². The average Bonchev–Trinajstić information content (AvgIpc) is 2.84. The number of aryl methyl sites for hydroxylation is 1. The first-order chi connectivity index (χ1) is 7.22. The highest BCUT2D eigenvalue weighted by molar-refractivity contribution is 7.10. The summed E-state index contributed by atoms with van der Waals surface area (Å²) < 4.78 is 6.82. The number of aromatic nitrogens is 2. The number of aliphatic hydroxyl groups is 1. The van der Waals surface area contributed by atoms with Gasteiger partial charge in [0, 0.05) is 13.2 Å². The molecule has 15 heavy (non-hydrogen) atoms. The molecule has 5 heteroatoms. The van der Waals surface area contributed by atoms with Gasteiger partial charge in [-0.15, -0.1) is 11.3 Å². The Labute approximate surface area is 91.7 Å². The van der Waals surface area contributed by atoms with Crippen LogP contribution in [0.4, 0.5) is 0 Å². The third-order valence-electron chi connectivity index (χ3n) is 2.14.